The average molecular weight is 450 g/mol. The van der Waals surface area contributed by atoms with Crippen LogP contribution in [0.15, 0.2) is 66.9 Å². The molecule has 0 radical (unpaired) electrons. The maximum Gasteiger partial charge on any atom is 0.416 e. The lowest BCUT2D eigenvalue weighted by molar-refractivity contribution is -0.137. The number of pyridine rings is 1. The summed E-state index contributed by atoms with van der Waals surface area (Å²) in [5, 5.41) is 5.62. The van der Waals surface area contributed by atoms with Crippen molar-refractivity contribution in [3.63, 3.8) is 0 Å². The zero-order valence-corrected chi connectivity index (χ0v) is 16.5. The number of ether oxygens (including phenoxy) is 1. The fraction of sp³-hybridized carbons (Fsp3) is 0.0952. The number of anilines is 3. The van der Waals surface area contributed by atoms with Crippen LogP contribution in [0.3, 0.4) is 0 Å². The van der Waals surface area contributed by atoms with Crippen molar-refractivity contribution in [2.45, 2.75) is 6.18 Å². The van der Waals surface area contributed by atoms with Crippen LogP contribution in [0.4, 0.5) is 30.4 Å². The number of rotatable bonds is 6. The smallest absolute Gasteiger partial charge is 0.416 e. The second kappa shape index (κ2) is 9.48. The van der Waals surface area contributed by atoms with Gasteiger partial charge in [-0.05, 0) is 48.5 Å². The first-order chi connectivity index (χ1) is 14.7. The molecular weight excluding hydrogens is 435 g/mol. The van der Waals surface area contributed by atoms with Crippen LogP contribution in [0.5, 0.6) is 0 Å². The number of hydrogen-bond donors (Lipinski definition) is 2. The van der Waals surface area contributed by atoms with E-state index < -0.39 is 30.2 Å². The Morgan fingerprint density at radius 2 is 1.74 bits per heavy atom. The van der Waals surface area contributed by atoms with E-state index in [2.05, 4.69) is 15.6 Å². The largest absolute Gasteiger partial charge is 0.452 e. The van der Waals surface area contributed by atoms with E-state index in [1.54, 1.807) is 18.2 Å². The maximum absolute atomic E-state index is 12.9. The molecule has 0 atom stereocenters. The van der Waals surface area contributed by atoms with E-state index in [1.165, 1.54) is 36.5 Å². The van der Waals surface area contributed by atoms with Gasteiger partial charge in [0.05, 0.1) is 5.56 Å². The summed E-state index contributed by atoms with van der Waals surface area (Å²) in [7, 11) is 0. The molecule has 0 spiro atoms. The third kappa shape index (κ3) is 6.19. The van der Waals surface area contributed by atoms with Gasteiger partial charge in [0.25, 0.3) is 5.91 Å². The quantitative estimate of drug-likeness (QED) is 0.500. The Kier molecular flexibility index (Phi) is 6.76. The number of nitrogens with one attached hydrogen (secondary N) is 2. The summed E-state index contributed by atoms with van der Waals surface area (Å²) < 4.78 is 43.7. The number of nitrogens with zero attached hydrogens (tertiary/aromatic N) is 1. The van der Waals surface area contributed by atoms with Crippen LogP contribution in [0.2, 0.25) is 5.02 Å². The first-order valence-electron chi connectivity index (χ1n) is 8.84. The van der Waals surface area contributed by atoms with Gasteiger partial charge in [0.15, 0.2) is 6.61 Å². The van der Waals surface area contributed by atoms with E-state index >= 15 is 0 Å². The van der Waals surface area contributed by atoms with Gasteiger partial charge < -0.3 is 15.4 Å². The SMILES string of the molecule is O=C(COC(=O)c1cccnc1Nc1cccc(C(F)(F)F)c1)Nc1cccc(Cl)c1. The molecule has 0 bridgehead atoms. The zero-order valence-electron chi connectivity index (χ0n) is 15.7. The Morgan fingerprint density at radius 1 is 1.00 bits per heavy atom. The van der Waals surface area contributed by atoms with Gasteiger partial charge in [-0.1, -0.05) is 23.7 Å². The Morgan fingerprint density at radius 3 is 2.48 bits per heavy atom. The van der Waals surface area contributed by atoms with E-state index in [0.717, 1.165) is 12.1 Å². The molecule has 0 saturated heterocycles. The fourth-order valence-corrected chi connectivity index (χ4v) is 2.74. The second-order valence-electron chi connectivity index (χ2n) is 6.24. The predicted molar refractivity (Wildman–Crippen MR) is 109 cm³/mol. The van der Waals surface area contributed by atoms with Gasteiger partial charge >= 0.3 is 12.1 Å². The van der Waals surface area contributed by atoms with Crippen molar-refractivity contribution in [3.8, 4) is 0 Å². The molecule has 1 heterocycles. The number of benzene rings is 2. The molecule has 6 nitrogen and oxygen atoms in total. The molecule has 2 N–H and O–H groups in total. The normalized spacial score (nSPS) is 11.0. The monoisotopic (exact) mass is 449 g/mol. The number of alkyl halides is 3. The summed E-state index contributed by atoms with van der Waals surface area (Å²) in [6.07, 6.45) is -3.15. The number of esters is 1. The molecule has 1 aromatic heterocycles. The van der Waals surface area contributed by atoms with Crippen LogP contribution >= 0.6 is 11.6 Å². The molecule has 3 aromatic rings. The second-order valence-corrected chi connectivity index (χ2v) is 6.67. The summed E-state index contributed by atoms with van der Waals surface area (Å²) in [6.45, 7) is -0.580. The third-order valence-corrected chi connectivity index (χ3v) is 4.16. The Labute approximate surface area is 180 Å². The number of hydrogen-bond acceptors (Lipinski definition) is 5. The lowest BCUT2D eigenvalue weighted by atomic mass is 10.2. The van der Waals surface area contributed by atoms with Crippen molar-refractivity contribution in [1.82, 2.24) is 4.98 Å². The molecule has 0 aliphatic carbocycles. The molecule has 0 aliphatic rings. The number of carbonyl (C=O) groups is 2. The van der Waals surface area contributed by atoms with Gasteiger partial charge in [-0.15, -0.1) is 0 Å². The van der Waals surface area contributed by atoms with E-state index in [1.807, 2.05) is 0 Å². The summed E-state index contributed by atoms with van der Waals surface area (Å²) in [4.78, 5) is 28.4. The fourth-order valence-electron chi connectivity index (χ4n) is 2.55. The summed E-state index contributed by atoms with van der Waals surface area (Å²) in [6, 6.07) is 13.7. The first-order valence-corrected chi connectivity index (χ1v) is 9.22. The molecule has 0 unspecified atom stereocenters. The standard InChI is InChI=1S/C21H15ClF3N3O3/c22-14-5-2-7-16(11-14)27-18(29)12-31-20(30)17-8-3-9-26-19(17)28-15-6-1-4-13(10-15)21(23,24)25/h1-11H,12H2,(H,26,28)(H,27,29). The van der Waals surface area contributed by atoms with E-state index in [9.17, 15) is 22.8 Å². The molecule has 3 rings (SSSR count). The average Bonchev–Trinajstić information content (AvgIpc) is 2.72. The van der Waals surface area contributed by atoms with E-state index in [-0.39, 0.29) is 17.1 Å². The van der Waals surface area contributed by atoms with Crippen LogP contribution in [-0.4, -0.2) is 23.5 Å². The van der Waals surface area contributed by atoms with Crippen LogP contribution in [0.1, 0.15) is 15.9 Å². The molecule has 10 heteroatoms. The summed E-state index contributed by atoms with van der Waals surface area (Å²) >= 11 is 5.84. The molecular formula is C21H15ClF3N3O3. The number of aromatic nitrogens is 1. The predicted octanol–water partition coefficient (Wildman–Crippen LogP) is 5.29. The molecule has 31 heavy (non-hydrogen) atoms. The number of amides is 1. The van der Waals surface area contributed by atoms with Crippen LogP contribution in [0, 0.1) is 0 Å². The highest BCUT2D eigenvalue weighted by molar-refractivity contribution is 6.30. The van der Waals surface area contributed by atoms with Gasteiger partial charge in [-0.25, -0.2) is 9.78 Å². The Hall–Kier alpha value is -3.59. The molecule has 0 saturated carbocycles. The summed E-state index contributed by atoms with van der Waals surface area (Å²) in [5.74, 6) is -1.47. The van der Waals surface area contributed by atoms with Crippen molar-refractivity contribution < 1.29 is 27.5 Å². The lowest BCUT2D eigenvalue weighted by Crippen LogP contribution is -2.21. The topological polar surface area (TPSA) is 80.3 Å². The highest BCUT2D eigenvalue weighted by Crippen LogP contribution is 2.31. The molecule has 0 fully saturated rings. The highest BCUT2D eigenvalue weighted by Gasteiger charge is 2.30. The molecule has 2 aromatic carbocycles. The molecule has 0 aliphatic heterocycles. The van der Waals surface area contributed by atoms with Gasteiger partial charge in [0.1, 0.15) is 11.4 Å². The van der Waals surface area contributed by atoms with Crippen LogP contribution < -0.4 is 10.6 Å². The number of carbonyl (C=O) groups excluding carboxylic acids is 2. The Bertz CT molecular complexity index is 1110. The van der Waals surface area contributed by atoms with Crippen LogP contribution in [-0.2, 0) is 15.7 Å². The van der Waals surface area contributed by atoms with Crippen molar-refractivity contribution in [1.29, 1.82) is 0 Å². The van der Waals surface area contributed by atoms with Crippen LogP contribution in [0.25, 0.3) is 0 Å². The van der Waals surface area contributed by atoms with Crippen molar-refractivity contribution >= 4 is 40.7 Å². The maximum atomic E-state index is 12.9. The van der Waals surface area contributed by atoms with Gasteiger partial charge in [0, 0.05) is 22.6 Å². The van der Waals surface area contributed by atoms with Crippen molar-refractivity contribution in [2.75, 3.05) is 17.2 Å². The van der Waals surface area contributed by atoms with Gasteiger partial charge in [0.2, 0.25) is 0 Å². The summed E-state index contributed by atoms with van der Waals surface area (Å²) in [5.41, 5.74) is -0.381. The molecule has 1 amide bonds. The van der Waals surface area contributed by atoms with Gasteiger partial charge in [-0.2, -0.15) is 13.2 Å². The van der Waals surface area contributed by atoms with Crippen molar-refractivity contribution in [3.05, 3.63) is 83.0 Å². The van der Waals surface area contributed by atoms with Crippen molar-refractivity contribution in [2.24, 2.45) is 0 Å². The molecule has 160 valence electrons. The number of halogens is 4. The first kappa shape index (κ1) is 22.1. The minimum atomic E-state index is -4.51. The zero-order chi connectivity index (χ0) is 22.4. The minimum Gasteiger partial charge on any atom is -0.452 e. The third-order valence-electron chi connectivity index (χ3n) is 3.92. The highest BCUT2D eigenvalue weighted by atomic mass is 35.5. The lowest BCUT2D eigenvalue weighted by Gasteiger charge is -2.13. The minimum absolute atomic E-state index is 0.0120. The van der Waals surface area contributed by atoms with E-state index in [4.69, 9.17) is 16.3 Å². The van der Waals surface area contributed by atoms with Gasteiger partial charge in [-0.3, -0.25) is 4.79 Å². The van der Waals surface area contributed by atoms with E-state index in [0.29, 0.717) is 10.7 Å². The Balaban J connectivity index is 1.67.